The van der Waals surface area contributed by atoms with E-state index in [9.17, 15) is 0 Å². The predicted molar refractivity (Wildman–Crippen MR) is 109 cm³/mol. The number of hydrogen-bond acceptors (Lipinski definition) is 5. The van der Waals surface area contributed by atoms with Crippen molar-refractivity contribution in [3.8, 4) is 11.5 Å². The first-order valence-electron chi connectivity index (χ1n) is 10.0. The zero-order chi connectivity index (χ0) is 19.9. The van der Waals surface area contributed by atoms with E-state index in [-0.39, 0.29) is 17.6 Å². The molecule has 1 saturated carbocycles. The summed E-state index contributed by atoms with van der Waals surface area (Å²) >= 11 is 0. The van der Waals surface area contributed by atoms with E-state index in [4.69, 9.17) is 18.9 Å². The molecule has 5 heteroatoms. The number of fused-ring (bicyclic) bond motifs is 1. The molecule has 1 aromatic rings. The minimum atomic E-state index is -0.555. The smallest absolute Gasteiger partial charge is 0.171 e. The summed E-state index contributed by atoms with van der Waals surface area (Å²) < 4.78 is 23.8. The maximum atomic E-state index is 6.38. The Morgan fingerprint density at radius 1 is 1.04 bits per heavy atom. The third kappa shape index (κ3) is 2.88. The molecule has 0 bridgehead atoms. The first kappa shape index (κ1) is 19.5. The van der Waals surface area contributed by atoms with E-state index in [1.54, 1.807) is 14.2 Å². The molecule has 4 unspecified atom stereocenters. The van der Waals surface area contributed by atoms with E-state index in [2.05, 4.69) is 37.2 Å². The normalized spacial score (nSPS) is 37.6. The summed E-state index contributed by atoms with van der Waals surface area (Å²) in [5.74, 6) is 0.999. The molecule has 2 heterocycles. The maximum Gasteiger partial charge on any atom is 0.171 e. The van der Waals surface area contributed by atoms with Crippen LogP contribution < -0.4 is 9.47 Å². The molecule has 1 aliphatic carbocycles. The first-order valence-corrected chi connectivity index (χ1v) is 10.0. The zero-order valence-corrected chi connectivity index (χ0v) is 17.1. The van der Waals surface area contributed by atoms with Crippen molar-refractivity contribution in [1.82, 2.24) is 4.90 Å². The molecule has 0 radical (unpaired) electrons. The predicted octanol–water partition coefficient (Wildman–Crippen LogP) is 3.68. The summed E-state index contributed by atoms with van der Waals surface area (Å²) in [6, 6.07) is 6.71. The quantitative estimate of drug-likeness (QED) is 0.723. The van der Waals surface area contributed by atoms with Crippen LogP contribution in [0.5, 0.6) is 11.5 Å². The van der Waals surface area contributed by atoms with Crippen molar-refractivity contribution in [1.29, 1.82) is 0 Å². The van der Waals surface area contributed by atoms with Gasteiger partial charge in [-0.1, -0.05) is 18.2 Å². The van der Waals surface area contributed by atoms with Crippen molar-refractivity contribution in [2.45, 2.75) is 55.1 Å². The number of likely N-dealkylation sites (tertiary alicyclic amines) is 1. The van der Waals surface area contributed by atoms with E-state index in [1.165, 1.54) is 5.56 Å². The molecule has 152 valence electrons. The molecular weight excluding hydrogens is 354 g/mol. The van der Waals surface area contributed by atoms with Crippen molar-refractivity contribution < 1.29 is 18.9 Å². The van der Waals surface area contributed by atoms with Gasteiger partial charge >= 0.3 is 0 Å². The summed E-state index contributed by atoms with van der Waals surface area (Å²) in [6.45, 7) is 8.88. The van der Waals surface area contributed by atoms with Crippen LogP contribution in [0.4, 0.5) is 0 Å². The summed E-state index contributed by atoms with van der Waals surface area (Å²) in [6.07, 6.45) is 7.23. The van der Waals surface area contributed by atoms with Crippen LogP contribution in [-0.2, 0) is 14.9 Å². The lowest BCUT2D eigenvalue weighted by atomic mass is 9.64. The summed E-state index contributed by atoms with van der Waals surface area (Å²) in [5.41, 5.74) is 1.38. The monoisotopic (exact) mass is 385 g/mol. The highest BCUT2D eigenvalue weighted by molar-refractivity contribution is 5.46. The minimum absolute atomic E-state index is 0.0716. The Balaban J connectivity index is 1.67. The topological polar surface area (TPSA) is 40.2 Å². The molecule has 3 aliphatic rings. The van der Waals surface area contributed by atoms with Gasteiger partial charge in [-0.3, -0.25) is 0 Å². The molecule has 4 atom stereocenters. The molecule has 2 aliphatic heterocycles. The van der Waals surface area contributed by atoms with Gasteiger partial charge in [0.1, 0.15) is 12.2 Å². The van der Waals surface area contributed by atoms with Gasteiger partial charge in [-0.15, -0.1) is 13.2 Å². The number of likely N-dealkylation sites (N-methyl/N-ethyl adjacent to an activating group) is 1. The van der Waals surface area contributed by atoms with Gasteiger partial charge < -0.3 is 23.8 Å². The number of ether oxygens (including phenoxy) is 4. The molecular formula is C23H31NO4. The van der Waals surface area contributed by atoms with Crippen LogP contribution in [0.1, 0.15) is 31.2 Å². The highest BCUT2D eigenvalue weighted by Gasteiger charge is 2.58. The average Bonchev–Trinajstić information content (AvgIpc) is 3.26. The molecule has 4 rings (SSSR count). The van der Waals surface area contributed by atoms with Crippen LogP contribution in [0.15, 0.2) is 43.5 Å². The second-order valence-corrected chi connectivity index (χ2v) is 8.22. The third-order valence-electron chi connectivity index (χ3n) is 6.99. The summed E-state index contributed by atoms with van der Waals surface area (Å²) in [7, 11) is 5.57. The van der Waals surface area contributed by atoms with Crippen molar-refractivity contribution >= 4 is 0 Å². The van der Waals surface area contributed by atoms with Gasteiger partial charge in [0, 0.05) is 24.3 Å². The molecule has 2 saturated heterocycles. The standard InChI is InChI=1S/C23H31NO4/c1-6-17-18(7-2)28-23(27-17)11-10-22(12-13-24(3)21(22)15-23)16-8-9-19(25-4)20(14-16)26-5/h6-9,14,17-18,21H,1-2,10-13,15H2,3-5H3. The van der Waals surface area contributed by atoms with Gasteiger partial charge in [0.2, 0.25) is 0 Å². The van der Waals surface area contributed by atoms with Gasteiger partial charge in [-0.25, -0.2) is 0 Å². The Hall–Kier alpha value is -1.82. The second kappa shape index (κ2) is 7.21. The fraction of sp³-hybridized carbons (Fsp3) is 0.565. The Bertz CT molecular complexity index is 747. The van der Waals surface area contributed by atoms with Gasteiger partial charge in [0.15, 0.2) is 17.3 Å². The Kier molecular flexibility index (Phi) is 5.02. The number of methoxy groups -OCH3 is 2. The lowest BCUT2D eigenvalue weighted by Gasteiger charge is -2.48. The average molecular weight is 386 g/mol. The molecule has 0 N–H and O–H groups in total. The maximum absolute atomic E-state index is 6.38. The van der Waals surface area contributed by atoms with E-state index in [1.807, 2.05) is 18.2 Å². The van der Waals surface area contributed by atoms with E-state index >= 15 is 0 Å². The summed E-state index contributed by atoms with van der Waals surface area (Å²) in [5, 5.41) is 0. The van der Waals surface area contributed by atoms with E-state index < -0.39 is 5.79 Å². The molecule has 28 heavy (non-hydrogen) atoms. The fourth-order valence-corrected chi connectivity index (χ4v) is 5.44. The van der Waals surface area contributed by atoms with Crippen LogP contribution in [-0.4, -0.2) is 56.7 Å². The highest BCUT2D eigenvalue weighted by atomic mass is 16.8. The second-order valence-electron chi connectivity index (χ2n) is 8.22. The van der Waals surface area contributed by atoms with Crippen LogP contribution in [0.3, 0.4) is 0 Å². The lowest BCUT2D eigenvalue weighted by Crippen LogP contribution is -2.53. The molecule has 3 fully saturated rings. The lowest BCUT2D eigenvalue weighted by molar-refractivity contribution is -0.204. The Morgan fingerprint density at radius 3 is 2.32 bits per heavy atom. The van der Waals surface area contributed by atoms with Crippen LogP contribution >= 0.6 is 0 Å². The number of benzene rings is 1. The fourth-order valence-electron chi connectivity index (χ4n) is 5.44. The van der Waals surface area contributed by atoms with Crippen LogP contribution in [0, 0.1) is 0 Å². The molecule has 1 aromatic carbocycles. The van der Waals surface area contributed by atoms with E-state index in [0.29, 0.717) is 6.04 Å². The van der Waals surface area contributed by atoms with Gasteiger partial charge in [0.25, 0.3) is 0 Å². The molecule has 0 amide bonds. The van der Waals surface area contributed by atoms with Crippen molar-refractivity contribution in [3.05, 3.63) is 49.1 Å². The third-order valence-corrected chi connectivity index (χ3v) is 6.99. The summed E-state index contributed by atoms with van der Waals surface area (Å²) in [4.78, 5) is 2.45. The molecule has 1 spiro atoms. The molecule has 5 nitrogen and oxygen atoms in total. The van der Waals surface area contributed by atoms with Gasteiger partial charge in [-0.05, 0) is 44.1 Å². The first-order chi connectivity index (χ1) is 13.5. The number of rotatable bonds is 5. The van der Waals surface area contributed by atoms with Crippen molar-refractivity contribution in [2.24, 2.45) is 0 Å². The van der Waals surface area contributed by atoms with Crippen molar-refractivity contribution in [3.63, 3.8) is 0 Å². The Morgan fingerprint density at radius 2 is 1.71 bits per heavy atom. The van der Waals surface area contributed by atoms with Gasteiger partial charge in [-0.2, -0.15) is 0 Å². The SMILES string of the molecule is C=CC1OC2(CCC3(c4ccc(OC)c(OC)c4)CCN(C)C3C2)OC1C=C. The van der Waals surface area contributed by atoms with E-state index in [0.717, 1.165) is 43.7 Å². The number of nitrogens with zero attached hydrogens (tertiary/aromatic N) is 1. The number of hydrogen-bond donors (Lipinski definition) is 0. The van der Waals surface area contributed by atoms with Crippen LogP contribution in [0.2, 0.25) is 0 Å². The Labute approximate surface area is 167 Å². The highest BCUT2D eigenvalue weighted by Crippen LogP contribution is 2.55. The zero-order valence-electron chi connectivity index (χ0n) is 17.1. The van der Waals surface area contributed by atoms with Gasteiger partial charge in [0.05, 0.1) is 14.2 Å². The minimum Gasteiger partial charge on any atom is -0.493 e. The van der Waals surface area contributed by atoms with Crippen LogP contribution in [0.25, 0.3) is 0 Å². The van der Waals surface area contributed by atoms with Crippen molar-refractivity contribution in [2.75, 3.05) is 27.8 Å². The molecule has 0 aromatic heterocycles. The largest absolute Gasteiger partial charge is 0.493 e.